The lowest BCUT2D eigenvalue weighted by atomic mass is 9.94. The highest BCUT2D eigenvalue weighted by molar-refractivity contribution is 7.19. The third kappa shape index (κ3) is 5.69. The third-order valence-corrected chi connectivity index (χ3v) is 12.2. The smallest absolute Gasteiger partial charge is 0.410 e. The fourth-order valence-corrected chi connectivity index (χ4v) is 10.0. The number of amides is 1. The van der Waals surface area contributed by atoms with Crippen molar-refractivity contribution in [1.29, 1.82) is 5.26 Å². The molecular formula is C38H39ClF2N6O3S. The molecule has 0 spiro atoms. The van der Waals surface area contributed by atoms with Gasteiger partial charge in [-0.15, -0.1) is 11.3 Å². The normalized spacial score (nSPS) is 23.4. The van der Waals surface area contributed by atoms with E-state index in [1.54, 1.807) is 13.0 Å². The number of nitrogens with zero attached hydrogens (tertiary/aromatic N) is 6. The van der Waals surface area contributed by atoms with Crippen molar-refractivity contribution < 1.29 is 23.0 Å². The van der Waals surface area contributed by atoms with Gasteiger partial charge in [0, 0.05) is 40.8 Å². The molecule has 4 aromatic rings. The zero-order valence-electron chi connectivity index (χ0n) is 29.1. The first-order valence-electron chi connectivity index (χ1n) is 17.4. The maximum Gasteiger partial charge on any atom is 0.410 e. The molecule has 2 bridgehead atoms. The quantitative estimate of drug-likeness (QED) is 0.189. The molecule has 8 rings (SSSR count). The summed E-state index contributed by atoms with van der Waals surface area (Å²) in [4.78, 5) is 29.8. The Morgan fingerprint density at radius 1 is 1.22 bits per heavy atom. The Labute approximate surface area is 304 Å². The molecule has 0 aliphatic carbocycles. The van der Waals surface area contributed by atoms with E-state index in [9.17, 15) is 10.1 Å². The van der Waals surface area contributed by atoms with Crippen molar-refractivity contribution in [3.63, 3.8) is 0 Å². The molecule has 51 heavy (non-hydrogen) atoms. The summed E-state index contributed by atoms with van der Waals surface area (Å²) in [5, 5.41) is 10.8. The van der Waals surface area contributed by atoms with Crippen molar-refractivity contribution in [2.75, 3.05) is 37.7 Å². The third-order valence-electron chi connectivity index (χ3n) is 10.8. The van der Waals surface area contributed by atoms with Crippen LogP contribution >= 0.6 is 22.9 Å². The van der Waals surface area contributed by atoms with Gasteiger partial charge in [0.15, 0.2) is 5.82 Å². The Kier molecular flexibility index (Phi) is 8.20. The highest BCUT2D eigenvalue weighted by atomic mass is 35.5. The zero-order valence-corrected chi connectivity index (χ0v) is 30.7. The summed E-state index contributed by atoms with van der Waals surface area (Å²) in [6, 6.07) is 6.36. The first kappa shape index (κ1) is 34.1. The number of thiophene rings is 1. The zero-order chi connectivity index (χ0) is 36.0. The van der Waals surface area contributed by atoms with Crippen LogP contribution in [0.2, 0.25) is 5.02 Å². The number of piperazine rings is 1. The highest BCUT2D eigenvalue weighted by Crippen LogP contribution is 2.46. The minimum atomic E-state index is -0.711. The van der Waals surface area contributed by atoms with Gasteiger partial charge in [-0.05, 0) is 84.0 Å². The molecule has 9 nitrogen and oxygen atoms in total. The molecule has 4 fully saturated rings. The molecule has 0 radical (unpaired) electrons. The van der Waals surface area contributed by atoms with Crippen LogP contribution in [0, 0.1) is 29.9 Å². The Morgan fingerprint density at radius 2 is 1.96 bits per heavy atom. The molecule has 6 heterocycles. The van der Waals surface area contributed by atoms with Crippen molar-refractivity contribution in [3.8, 4) is 23.2 Å². The van der Waals surface area contributed by atoms with Crippen LogP contribution in [-0.4, -0.2) is 81.9 Å². The van der Waals surface area contributed by atoms with E-state index < -0.39 is 17.2 Å². The number of nitriles is 1. The first-order valence-corrected chi connectivity index (χ1v) is 18.6. The van der Waals surface area contributed by atoms with Gasteiger partial charge in [0.2, 0.25) is 0 Å². The minimum Gasteiger partial charge on any atom is -0.461 e. The van der Waals surface area contributed by atoms with E-state index in [-0.39, 0.29) is 56.1 Å². The van der Waals surface area contributed by atoms with Crippen LogP contribution in [0.3, 0.4) is 0 Å². The molecule has 13 heteroatoms. The summed E-state index contributed by atoms with van der Waals surface area (Å²) >= 11 is 8.10. The molecule has 2 aromatic carbocycles. The topological polar surface area (TPSA) is 94.8 Å². The van der Waals surface area contributed by atoms with Crippen molar-refractivity contribution in [2.24, 2.45) is 0 Å². The number of ether oxygens (including phenoxy) is 2. The number of rotatable bonds is 5. The van der Waals surface area contributed by atoms with Gasteiger partial charge >= 0.3 is 12.1 Å². The Bertz CT molecular complexity index is 2170. The van der Waals surface area contributed by atoms with Crippen molar-refractivity contribution in [2.45, 2.75) is 83.0 Å². The second-order valence-corrected chi connectivity index (χ2v) is 17.0. The maximum atomic E-state index is 17.2. The molecule has 4 saturated heterocycles. The summed E-state index contributed by atoms with van der Waals surface area (Å²) in [6.45, 7) is 14.6. The van der Waals surface area contributed by atoms with Gasteiger partial charge in [-0.25, -0.2) is 13.6 Å². The summed E-state index contributed by atoms with van der Waals surface area (Å²) < 4.78 is 44.7. The van der Waals surface area contributed by atoms with Gasteiger partial charge in [-0.2, -0.15) is 15.2 Å². The number of anilines is 1. The number of carbonyl (C=O) groups is 1. The predicted molar refractivity (Wildman–Crippen MR) is 195 cm³/mol. The average Bonchev–Trinajstić information content (AvgIpc) is 3.78. The molecule has 3 atom stereocenters. The number of carbonyl (C=O) groups excluding carboxylic acids is 1. The maximum absolute atomic E-state index is 17.2. The lowest BCUT2D eigenvalue weighted by molar-refractivity contribution is 0.0122. The Hall–Kier alpha value is -4.05. The predicted octanol–water partition coefficient (Wildman–Crippen LogP) is 8.38. The van der Waals surface area contributed by atoms with Crippen molar-refractivity contribution in [3.05, 3.63) is 57.4 Å². The number of halogens is 3. The van der Waals surface area contributed by atoms with Crippen LogP contribution in [0.1, 0.15) is 63.3 Å². The molecular weight excluding hydrogens is 694 g/mol. The average molecular weight is 733 g/mol. The van der Waals surface area contributed by atoms with Gasteiger partial charge in [0.1, 0.15) is 35.4 Å². The molecule has 2 aromatic heterocycles. The molecule has 4 aliphatic rings. The summed E-state index contributed by atoms with van der Waals surface area (Å²) in [5.41, 5.74) is 0.963. The largest absolute Gasteiger partial charge is 0.461 e. The standard InChI is InChI=1S/C38H39ClF2N6O3S/c1-20-14-38(11-6-12-46(38)16-20)19-49-35-43-32-25(34(44-35)45-17-22-7-8-23(18-45)47(22)36(48)50-37(3,4)5)13-27(39)30(31(32)41)24-9-10-28(40)33-29(24)26(15-42)21(2)51-33/h9-10,13,22-23H,1,6-8,11-12,14,16-19H2,2-5H3/t22?,23?,38-/m1/s1. The molecule has 266 valence electrons. The van der Waals surface area contributed by atoms with Crippen molar-refractivity contribution >= 4 is 55.8 Å². The summed E-state index contributed by atoms with van der Waals surface area (Å²) in [5.74, 6) is -0.735. The fraction of sp³-hybridized carbons (Fsp3) is 0.474. The van der Waals surface area contributed by atoms with E-state index in [1.807, 2.05) is 25.7 Å². The van der Waals surface area contributed by atoms with Gasteiger partial charge in [-0.1, -0.05) is 29.8 Å². The van der Waals surface area contributed by atoms with Crippen LogP contribution in [0.4, 0.5) is 19.4 Å². The number of hydrogen-bond donors (Lipinski definition) is 0. The number of aromatic nitrogens is 2. The molecule has 1 amide bonds. The number of fused-ring (bicyclic) bond motifs is 5. The second kappa shape index (κ2) is 12.3. The van der Waals surface area contributed by atoms with Gasteiger partial charge in [0.05, 0.1) is 32.9 Å². The van der Waals surface area contributed by atoms with E-state index in [1.165, 1.54) is 12.1 Å². The van der Waals surface area contributed by atoms with Crippen LogP contribution in [0.25, 0.3) is 32.1 Å². The molecule has 0 saturated carbocycles. The van der Waals surface area contributed by atoms with Crippen LogP contribution in [0.5, 0.6) is 6.01 Å². The monoisotopic (exact) mass is 732 g/mol. The molecule has 2 unspecified atom stereocenters. The molecule has 4 aliphatic heterocycles. The van der Waals surface area contributed by atoms with E-state index in [4.69, 9.17) is 26.1 Å². The molecule has 0 N–H and O–H groups in total. The van der Waals surface area contributed by atoms with Crippen LogP contribution < -0.4 is 9.64 Å². The summed E-state index contributed by atoms with van der Waals surface area (Å²) in [7, 11) is 0. The number of aryl methyl sites for hydroxylation is 1. The van der Waals surface area contributed by atoms with E-state index >= 15 is 8.78 Å². The van der Waals surface area contributed by atoms with E-state index in [0.717, 1.165) is 62.1 Å². The van der Waals surface area contributed by atoms with Gasteiger partial charge < -0.3 is 14.4 Å². The van der Waals surface area contributed by atoms with E-state index in [2.05, 4.69) is 27.4 Å². The second-order valence-electron chi connectivity index (χ2n) is 15.4. The number of hydrogen-bond acceptors (Lipinski definition) is 9. The highest BCUT2D eigenvalue weighted by Gasteiger charge is 2.47. The minimum absolute atomic E-state index is 0.0101. The Morgan fingerprint density at radius 3 is 2.67 bits per heavy atom. The van der Waals surface area contributed by atoms with Gasteiger partial charge in [-0.3, -0.25) is 9.80 Å². The lowest BCUT2D eigenvalue weighted by Gasteiger charge is -2.42. The SMILES string of the molecule is C=C1CN2CCC[C@]2(COc2nc(N3CC4CCC(C3)N4C(=O)OC(C)(C)C)c3cc(Cl)c(-c4ccc(F)c5sc(C)c(C#N)c45)c(F)c3n2)C1. The number of benzene rings is 2. The Balaban J connectivity index is 1.24. The van der Waals surface area contributed by atoms with E-state index in [0.29, 0.717) is 46.7 Å². The first-order chi connectivity index (χ1) is 24.3. The fourth-order valence-electron chi connectivity index (χ4n) is 8.68. The van der Waals surface area contributed by atoms with Crippen LogP contribution in [-0.2, 0) is 4.74 Å². The lowest BCUT2D eigenvalue weighted by Crippen LogP contribution is -2.57. The summed E-state index contributed by atoms with van der Waals surface area (Å²) in [6.07, 6.45) is 4.10. The van der Waals surface area contributed by atoms with Crippen LogP contribution in [0.15, 0.2) is 30.4 Å². The van der Waals surface area contributed by atoms with Crippen molar-refractivity contribution in [1.82, 2.24) is 19.8 Å². The van der Waals surface area contributed by atoms with Gasteiger partial charge in [0.25, 0.3) is 0 Å².